The van der Waals surface area contributed by atoms with Crippen LogP contribution in [0, 0.1) is 11.8 Å². The normalized spacial score (nSPS) is 36.4. The highest BCUT2D eigenvalue weighted by atomic mass is 16.2. The largest absolute Gasteiger partial charge is 0.342 e. The molecule has 1 heterocycles. The van der Waals surface area contributed by atoms with Gasteiger partial charge in [-0.05, 0) is 52.1 Å². The molecule has 0 aromatic heterocycles. The van der Waals surface area contributed by atoms with Crippen LogP contribution in [0.5, 0.6) is 0 Å². The van der Waals surface area contributed by atoms with Crippen molar-refractivity contribution in [3.8, 4) is 0 Å². The van der Waals surface area contributed by atoms with Gasteiger partial charge >= 0.3 is 0 Å². The molecule has 2 fully saturated rings. The van der Waals surface area contributed by atoms with Crippen molar-refractivity contribution in [2.45, 2.75) is 51.1 Å². The van der Waals surface area contributed by atoms with Crippen LogP contribution in [0.15, 0.2) is 0 Å². The van der Waals surface area contributed by atoms with Gasteiger partial charge in [0.05, 0.1) is 0 Å². The standard InChI is InChI=1S/C15H29N3O/c1-11-9-13(7-8-17(11)2)18(3)15(19)14-6-4-5-12(14)10-16/h11-14H,4-10,16H2,1-3H3/t11?,12-,13?,14-/m1/s1. The zero-order valence-corrected chi connectivity index (χ0v) is 12.6. The summed E-state index contributed by atoms with van der Waals surface area (Å²) in [5.74, 6) is 0.943. The molecule has 2 rings (SSSR count). The molecule has 1 aliphatic carbocycles. The average Bonchev–Trinajstić information content (AvgIpc) is 2.88. The van der Waals surface area contributed by atoms with Gasteiger partial charge in [-0.15, -0.1) is 0 Å². The van der Waals surface area contributed by atoms with Crippen LogP contribution in [0.1, 0.15) is 39.0 Å². The molecular weight excluding hydrogens is 238 g/mol. The minimum Gasteiger partial charge on any atom is -0.342 e. The van der Waals surface area contributed by atoms with E-state index in [1.54, 1.807) is 0 Å². The van der Waals surface area contributed by atoms with Gasteiger partial charge < -0.3 is 15.5 Å². The summed E-state index contributed by atoms with van der Waals surface area (Å²) >= 11 is 0. The van der Waals surface area contributed by atoms with Crippen LogP contribution in [0.3, 0.4) is 0 Å². The summed E-state index contributed by atoms with van der Waals surface area (Å²) in [5.41, 5.74) is 5.80. The zero-order valence-electron chi connectivity index (χ0n) is 12.6. The Balaban J connectivity index is 1.95. The number of carbonyl (C=O) groups excluding carboxylic acids is 1. The van der Waals surface area contributed by atoms with Crippen molar-refractivity contribution in [3.63, 3.8) is 0 Å². The first kappa shape index (κ1) is 14.8. The summed E-state index contributed by atoms with van der Waals surface area (Å²) in [7, 11) is 4.17. The van der Waals surface area contributed by atoms with Gasteiger partial charge in [0.25, 0.3) is 0 Å². The second-order valence-electron chi connectivity index (χ2n) is 6.49. The Hall–Kier alpha value is -0.610. The van der Waals surface area contributed by atoms with E-state index < -0.39 is 0 Å². The van der Waals surface area contributed by atoms with E-state index in [9.17, 15) is 4.79 Å². The Morgan fingerprint density at radius 3 is 2.74 bits per heavy atom. The van der Waals surface area contributed by atoms with Crippen molar-refractivity contribution < 1.29 is 4.79 Å². The number of nitrogens with two attached hydrogens (primary N) is 1. The number of carbonyl (C=O) groups is 1. The van der Waals surface area contributed by atoms with E-state index in [2.05, 4.69) is 18.9 Å². The quantitative estimate of drug-likeness (QED) is 0.838. The Morgan fingerprint density at radius 2 is 2.11 bits per heavy atom. The third-order valence-electron chi connectivity index (χ3n) is 5.36. The molecule has 1 amide bonds. The highest BCUT2D eigenvalue weighted by Gasteiger charge is 2.36. The molecule has 2 N–H and O–H groups in total. The minimum absolute atomic E-state index is 0.185. The second kappa shape index (κ2) is 6.23. The van der Waals surface area contributed by atoms with Crippen molar-refractivity contribution >= 4 is 5.91 Å². The molecule has 2 unspecified atom stereocenters. The fraction of sp³-hybridized carbons (Fsp3) is 0.933. The van der Waals surface area contributed by atoms with Crippen LogP contribution in [0.2, 0.25) is 0 Å². The van der Waals surface area contributed by atoms with E-state index in [4.69, 9.17) is 5.73 Å². The van der Waals surface area contributed by atoms with Gasteiger partial charge in [0.1, 0.15) is 0 Å². The molecule has 0 radical (unpaired) electrons. The van der Waals surface area contributed by atoms with E-state index >= 15 is 0 Å². The molecule has 0 spiro atoms. The van der Waals surface area contributed by atoms with Crippen molar-refractivity contribution in [2.24, 2.45) is 17.6 Å². The number of hydrogen-bond donors (Lipinski definition) is 1. The number of amides is 1. The lowest BCUT2D eigenvalue weighted by Crippen LogP contribution is -2.50. The zero-order chi connectivity index (χ0) is 14.0. The molecule has 4 atom stereocenters. The van der Waals surface area contributed by atoms with Crippen LogP contribution in [-0.2, 0) is 4.79 Å². The SMILES string of the molecule is CC1CC(N(C)C(=O)[C@@H]2CCC[C@@H]2CN)CCN1C. The molecule has 4 heteroatoms. The summed E-state index contributed by atoms with van der Waals surface area (Å²) in [4.78, 5) is 17.1. The predicted octanol–water partition coefficient (Wildman–Crippen LogP) is 1.30. The van der Waals surface area contributed by atoms with Gasteiger partial charge in [0.15, 0.2) is 0 Å². The molecule has 1 aliphatic heterocycles. The lowest BCUT2D eigenvalue weighted by Gasteiger charge is -2.40. The summed E-state index contributed by atoms with van der Waals surface area (Å²) in [6.07, 6.45) is 5.52. The number of likely N-dealkylation sites (tertiary alicyclic amines) is 1. The molecule has 0 aromatic rings. The highest BCUT2D eigenvalue weighted by Crippen LogP contribution is 2.33. The van der Waals surface area contributed by atoms with E-state index in [0.717, 1.165) is 38.6 Å². The predicted molar refractivity (Wildman–Crippen MR) is 77.8 cm³/mol. The smallest absolute Gasteiger partial charge is 0.226 e. The molecule has 2 aliphatic rings. The van der Waals surface area contributed by atoms with Crippen LogP contribution < -0.4 is 5.73 Å². The van der Waals surface area contributed by atoms with Crippen LogP contribution in [0.25, 0.3) is 0 Å². The first-order valence-electron chi connectivity index (χ1n) is 7.71. The second-order valence-corrected chi connectivity index (χ2v) is 6.49. The maximum Gasteiger partial charge on any atom is 0.226 e. The van der Waals surface area contributed by atoms with E-state index in [0.29, 0.717) is 30.5 Å². The molecule has 1 saturated heterocycles. The number of nitrogens with zero attached hydrogens (tertiary/aromatic N) is 2. The number of hydrogen-bond acceptors (Lipinski definition) is 3. The average molecular weight is 267 g/mol. The maximum atomic E-state index is 12.7. The summed E-state index contributed by atoms with van der Waals surface area (Å²) in [5, 5.41) is 0. The lowest BCUT2D eigenvalue weighted by atomic mass is 9.92. The van der Waals surface area contributed by atoms with Crippen LogP contribution >= 0.6 is 0 Å². The maximum absolute atomic E-state index is 12.7. The number of rotatable bonds is 3. The first-order valence-corrected chi connectivity index (χ1v) is 7.71. The van der Waals surface area contributed by atoms with Crippen molar-refractivity contribution in [2.75, 3.05) is 27.2 Å². The van der Waals surface area contributed by atoms with Crippen molar-refractivity contribution in [3.05, 3.63) is 0 Å². The van der Waals surface area contributed by atoms with Gasteiger partial charge in [-0.3, -0.25) is 4.79 Å². The Labute approximate surface area is 117 Å². The fourth-order valence-corrected chi connectivity index (χ4v) is 3.70. The molecule has 110 valence electrons. The third-order valence-corrected chi connectivity index (χ3v) is 5.36. The Kier molecular flexibility index (Phi) is 4.85. The lowest BCUT2D eigenvalue weighted by molar-refractivity contribution is -0.138. The summed E-state index contributed by atoms with van der Waals surface area (Å²) in [6.45, 7) is 4.01. The van der Waals surface area contributed by atoms with E-state index in [1.807, 2.05) is 11.9 Å². The fourth-order valence-electron chi connectivity index (χ4n) is 3.70. The van der Waals surface area contributed by atoms with Gasteiger partial charge in [0, 0.05) is 31.6 Å². The number of piperidine rings is 1. The summed E-state index contributed by atoms with van der Waals surface area (Å²) < 4.78 is 0. The molecule has 4 nitrogen and oxygen atoms in total. The molecule has 1 saturated carbocycles. The van der Waals surface area contributed by atoms with Crippen molar-refractivity contribution in [1.82, 2.24) is 9.80 Å². The molecule has 0 aromatic carbocycles. The molecule has 0 bridgehead atoms. The Morgan fingerprint density at radius 1 is 1.37 bits per heavy atom. The first-order chi connectivity index (χ1) is 9.04. The van der Waals surface area contributed by atoms with Crippen LogP contribution in [-0.4, -0.2) is 55.0 Å². The molecular formula is C15H29N3O. The topological polar surface area (TPSA) is 49.6 Å². The van der Waals surface area contributed by atoms with E-state index in [-0.39, 0.29) is 5.92 Å². The minimum atomic E-state index is 0.185. The molecule has 19 heavy (non-hydrogen) atoms. The van der Waals surface area contributed by atoms with E-state index in [1.165, 1.54) is 0 Å². The van der Waals surface area contributed by atoms with Gasteiger partial charge in [-0.2, -0.15) is 0 Å². The Bertz CT molecular complexity index is 321. The van der Waals surface area contributed by atoms with Gasteiger partial charge in [-0.25, -0.2) is 0 Å². The van der Waals surface area contributed by atoms with Crippen molar-refractivity contribution in [1.29, 1.82) is 0 Å². The van der Waals surface area contributed by atoms with Gasteiger partial charge in [0.2, 0.25) is 5.91 Å². The third kappa shape index (κ3) is 3.11. The summed E-state index contributed by atoms with van der Waals surface area (Å²) in [6, 6.07) is 0.987. The van der Waals surface area contributed by atoms with Gasteiger partial charge in [-0.1, -0.05) is 6.42 Å². The monoisotopic (exact) mass is 267 g/mol. The van der Waals surface area contributed by atoms with Crippen LogP contribution in [0.4, 0.5) is 0 Å². The highest BCUT2D eigenvalue weighted by molar-refractivity contribution is 5.79.